The Balaban J connectivity index is 0.843. The number of esters is 1. The number of nitrogens with one attached hydrogen (secondary N) is 2. The van der Waals surface area contributed by atoms with E-state index in [1.807, 2.05) is 24.3 Å². The van der Waals surface area contributed by atoms with Crippen LogP contribution in [0.2, 0.25) is 0 Å². The van der Waals surface area contributed by atoms with E-state index in [-0.39, 0.29) is 18.1 Å². The lowest BCUT2D eigenvalue weighted by Gasteiger charge is -2.41. The summed E-state index contributed by atoms with van der Waals surface area (Å²) in [4.78, 5) is 31.6. The van der Waals surface area contributed by atoms with Gasteiger partial charge in [-0.3, -0.25) is 0 Å². The van der Waals surface area contributed by atoms with Gasteiger partial charge in [0.15, 0.2) is 11.5 Å². The summed E-state index contributed by atoms with van der Waals surface area (Å²) in [5, 5.41) is 6.46. The summed E-state index contributed by atoms with van der Waals surface area (Å²) in [6.45, 7) is 13.2. The Kier molecular flexibility index (Phi) is 30.3. The third kappa shape index (κ3) is 21.3. The molecule has 4 aliphatic heterocycles. The highest BCUT2D eigenvalue weighted by atomic mass is 16.6. The van der Waals surface area contributed by atoms with Crippen LogP contribution < -0.4 is 25.2 Å². The van der Waals surface area contributed by atoms with Crippen molar-refractivity contribution in [3.8, 4) is 11.5 Å². The molecule has 83 heavy (non-hydrogen) atoms. The van der Waals surface area contributed by atoms with Crippen LogP contribution in [0.5, 0.6) is 11.5 Å². The topological polar surface area (TPSA) is 102 Å². The van der Waals surface area contributed by atoms with Crippen LogP contribution in [-0.2, 0) is 19.8 Å². The Bertz CT molecular complexity index is 2190. The molecule has 0 aromatic heterocycles. The molecule has 10 nitrogen and oxygen atoms in total. The van der Waals surface area contributed by atoms with E-state index in [1.165, 1.54) is 193 Å². The van der Waals surface area contributed by atoms with Crippen molar-refractivity contribution in [1.29, 1.82) is 0 Å². The van der Waals surface area contributed by atoms with Gasteiger partial charge in [0.2, 0.25) is 0 Å². The number of rotatable bonds is 44. The fourth-order valence-corrected chi connectivity index (χ4v) is 13.8. The van der Waals surface area contributed by atoms with E-state index in [0.29, 0.717) is 48.7 Å². The molecule has 1 spiro atoms. The van der Waals surface area contributed by atoms with Crippen LogP contribution in [0.4, 0.5) is 16.2 Å². The summed E-state index contributed by atoms with van der Waals surface area (Å²) in [6.07, 6.45) is 51.2. The third-order valence-corrected chi connectivity index (χ3v) is 18.7. The first-order valence-corrected chi connectivity index (χ1v) is 34.7. The molecule has 0 bridgehead atoms. The van der Waals surface area contributed by atoms with Crippen LogP contribution >= 0.6 is 0 Å². The highest BCUT2D eigenvalue weighted by Gasteiger charge is 2.53. The van der Waals surface area contributed by atoms with Gasteiger partial charge in [-0.1, -0.05) is 225 Å². The van der Waals surface area contributed by atoms with Crippen LogP contribution in [-0.4, -0.2) is 63.5 Å². The maximum atomic E-state index is 13.8. The second-order valence-corrected chi connectivity index (χ2v) is 25.2. The third-order valence-electron chi connectivity index (χ3n) is 18.7. The molecular weight excluding hydrogens is 1030 g/mol. The summed E-state index contributed by atoms with van der Waals surface area (Å²) >= 11 is 0. The van der Waals surface area contributed by atoms with Crippen molar-refractivity contribution in [3.63, 3.8) is 0 Å². The fraction of sp³-hybridized carbons (Fsp3) is 0.699. The number of carbonyl (C=O) groups excluding carboxylic acids is 2. The van der Waals surface area contributed by atoms with Crippen molar-refractivity contribution >= 4 is 23.4 Å². The highest BCUT2D eigenvalue weighted by Crippen LogP contribution is 2.57. The molecule has 10 heteroatoms. The van der Waals surface area contributed by atoms with Crippen molar-refractivity contribution in [2.24, 2.45) is 0 Å². The van der Waals surface area contributed by atoms with Crippen LogP contribution in [0.3, 0.4) is 0 Å². The first-order valence-electron chi connectivity index (χ1n) is 34.7. The fourth-order valence-electron chi connectivity index (χ4n) is 13.8. The van der Waals surface area contributed by atoms with Gasteiger partial charge in [0, 0.05) is 91.3 Å². The molecule has 3 atom stereocenters. The number of anilines is 2. The van der Waals surface area contributed by atoms with E-state index < -0.39 is 5.60 Å². The average Bonchev–Trinajstić information content (AvgIpc) is 2.20. The molecule has 2 fully saturated rings. The molecule has 0 aliphatic carbocycles. The lowest BCUT2D eigenvalue weighted by atomic mass is 9.77. The maximum Gasteiger partial charge on any atom is 0.407 e. The number of hydrogen-bond acceptors (Lipinski definition) is 9. The monoisotopic (exact) mass is 1140 g/mol. The minimum Gasteiger partial charge on any atom is -0.480 e. The van der Waals surface area contributed by atoms with Crippen LogP contribution in [0.1, 0.15) is 298 Å². The van der Waals surface area contributed by atoms with Crippen molar-refractivity contribution in [2.45, 2.75) is 288 Å². The van der Waals surface area contributed by atoms with Gasteiger partial charge in [0.1, 0.15) is 11.5 Å². The molecule has 3 unspecified atom stereocenters. The molecule has 4 aliphatic rings. The largest absolute Gasteiger partial charge is 0.480 e. The van der Waals surface area contributed by atoms with Gasteiger partial charge >= 0.3 is 12.1 Å². The predicted octanol–water partition coefficient (Wildman–Crippen LogP) is 20.1. The molecule has 3 aromatic carbocycles. The average molecular weight is 1140 g/mol. The molecule has 1 amide bonds. The number of fused-ring (bicyclic) bond motifs is 6. The zero-order valence-corrected chi connectivity index (χ0v) is 52.5. The number of carbonyl (C=O) groups is 2. The van der Waals surface area contributed by atoms with Crippen molar-refractivity contribution in [1.82, 2.24) is 10.6 Å². The zero-order valence-electron chi connectivity index (χ0n) is 52.5. The zero-order chi connectivity index (χ0) is 58.0. The van der Waals surface area contributed by atoms with Crippen LogP contribution in [0, 0.1) is 0 Å². The number of alkyl carbamates (subject to hydrolysis) is 1. The Morgan fingerprint density at radius 1 is 0.518 bits per heavy atom. The molecule has 0 saturated carbocycles. The van der Waals surface area contributed by atoms with Crippen molar-refractivity contribution in [3.05, 3.63) is 95.4 Å². The second kappa shape index (κ2) is 38.2. The molecule has 0 radical (unpaired) electrons. The summed E-state index contributed by atoms with van der Waals surface area (Å²) in [5.74, 6) is 1.75. The Labute approximate surface area is 504 Å². The summed E-state index contributed by atoms with van der Waals surface area (Å²) in [5.41, 5.74) is 4.11. The van der Waals surface area contributed by atoms with Crippen molar-refractivity contribution < 1.29 is 28.5 Å². The van der Waals surface area contributed by atoms with Gasteiger partial charge in [-0.2, -0.15) is 0 Å². The number of ether oxygens (including phenoxy) is 4. The van der Waals surface area contributed by atoms with E-state index in [4.69, 9.17) is 18.9 Å². The minimum absolute atomic E-state index is 0.216. The lowest BCUT2D eigenvalue weighted by Crippen LogP contribution is -2.41. The maximum absolute atomic E-state index is 13.8. The van der Waals surface area contributed by atoms with Gasteiger partial charge in [-0.05, 0) is 88.3 Å². The number of nitrogens with zero attached hydrogens (tertiary/aromatic N) is 2. The minimum atomic E-state index is -1.14. The Morgan fingerprint density at radius 3 is 1.39 bits per heavy atom. The van der Waals surface area contributed by atoms with E-state index >= 15 is 0 Å². The van der Waals surface area contributed by atoms with Crippen molar-refractivity contribution in [2.75, 3.05) is 49.2 Å². The number of unbranched alkanes of at least 4 members (excludes halogenated alkanes) is 30. The number of piperidine rings is 2. The van der Waals surface area contributed by atoms with Gasteiger partial charge in [-0.15, -0.1) is 0 Å². The SMILES string of the molecule is C=C(NCCCCCCCCCCCCCCCCCC)OCCC1CCCCN1c1ccc2c(c1)Oc1cc(N3CCCCC3CCOC(=O)NCCCCCCCCCCCCCCCCCC)ccc1C21OC(=O)c2ccccc21. The standard InChI is InChI=1S/C73H114N4O6/c1-4-6-8-10-12-14-16-18-20-22-24-26-28-30-32-38-52-74-60(3)80-56-50-61-42-36-40-54-76(61)63-46-48-67-69(58-63)82-70-59-64(47-49-68(70)73(67)66-45-35-34-44-65(66)71(78)83-73)77-55-41-37-43-62(77)51-57-81-72(79)75-53-39-33-31-29-27-25-23-21-19-17-15-13-11-9-7-5-2/h34-35,44-49,58-59,61-62,74H,3-33,36-43,50-57H2,1-2H3,(H,75,79). The van der Waals surface area contributed by atoms with Gasteiger partial charge < -0.3 is 39.4 Å². The van der Waals surface area contributed by atoms with E-state index in [0.717, 1.165) is 112 Å². The molecule has 462 valence electrons. The van der Waals surface area contributed by atoms with Gasteiger partial charge in [-0.25, -0.2) is 9.59 Å². The molecule has 7 rings (SSSR count). The molecular formula is C73H114N4O6. The second-order valence-electron chi connectivity index (χ2n) is 25.2. The first kappa shape index (κ1) is 65.7. The molecule has 2 saturated heterocycles. The predicted molar refractivity (Wildman–Crippen MR) is 345 cm³/mol. The molecule has 2 N–H and O–H groups in total. The summed E-state index contributed by atoms with van der Waals surface area (Å²) < 4.78 is 25.6. The van der Waals surface area contributed by atoms with Crippen LogP contribution in [0.25, 0.3) is 0 Å². The van der Waals surface area contributed by atoms with Gasteiger partial charge in [0.25, 0.3) is 0 Å². The van der Waals surface area contributed by atoms with E-state index in [2.05, 4.69) is 77.3 Å². The first-order chi connectivity index (χ1) is 40.9. The Hall–Kier alpha value is -4.86. The van der Waals surface area contributed by atoms with E-state index in [1.54, 1.807) is 0 Å². The van der Waals surface area contributed by atoms with Gasteiger partial charge in [0.05, 0.1) is 18.8 Å². The molecule has 4 heterocycles. The number of amides is 1. The lowest BCUT2D eigenvalue weighted by molar-refractivity contribution is 0.0224. The normalized spacial score (nSPS) is 18.1. The Morgan fingerprint density at radius 2 is 0.928 bits per heavy atom. The van der Waals surface area contributed by atoms with E-state index in [9.17, 15) is 9.59 Å². The quantitative estimate of drug-likeness (QED) is 0.0326. The smallest absolute Gasteiger partial charge is 0.407 e. The molecule has 3 aromatic rings. The number of benzene rings is 3. The highest BCUT2D eigenvalue weighted by molar-refractivity contribution is 5.97. The summed E-state index contributed by atoms with van der Waals surface area (Å²) in [6, 6.07) is 21.2. The van der Waals surface area contributed by atoms with Crippen LogP contribution in [0.15, 0.2) is 73.1 Å². The number of hydrogen-bond donors (Lipinski definition) is 2. The summed E-state index contributed by atoms with van der Waals surface area (Å²) in [7, 11) is 0.